The Labute approximate surface area is 115 Å². The molecule has 7 heteroatoms. The molecule has 0 radical (unpaired) electrons. The summed E-state index contributed by atoms with van der Waals surface area (Å²) in [6.45, 7) is 5.13. The summed E-state index contributed by atoms with van der Waals surface area (Å²) in [6, 6.07) is 2.15. The number of amides is 1. The number of halogens is 1. The van der Waals surface area contributed by atoms with Crippen molar-refractivity contribution in [1.82, 2.24) is 5.32 Å². The molecule has 0 aliphatic rings. The van der Waals surface area contributed by atoms with Gasteiger partial charge in [0.2, 0.25) is 0 Å². The van der Waals surface area contributed by atoms with Gasteiger partial charge in [0.25, 0.3) is 0 Å². The third-order valence-electron chi connectivity index (χ3n) is 2.01. The summed E-state index contributed by atoms with van der Waals surface area (Å²) < 4.78 is 10.2. The van der Waals surface area contributed by atoms with Crippen LogP contribution in [0.25, 0.3) is 0 Å². The van der Waals surface area contributed by atoms with Gasteiger partial charge in [0, 0.05) is 0 Å². The van der Waals surface area contributed by atoms with Crippen molar-refractivity contribution in [1.29, 1.82) is 0 Å². The molecule has 19 heavy (non-hydrogen) atoms. The number of aliphatic carboxylic acids is 1. The lowest BCUT2D eigenvalue weighted by Gasteiger charge is -2.22. The molecule has 0 fully saturated rings. The highest BCUT2D eigenvalue weighted by Gasteiger charge is 2.24. The van der Waals surface area contributed by atoms with Gasteiger partial charge in [0.05, 0.1) is 6.42 Å². The Balaban J connectivity index is 2.76. The normalized spacial score (nSPS) is 12.8. The topological polar surface area (TPSA) is 88.8 Å². The number of carboxylic acids is 1. The zero-order chi connectivity index (χ0) is 14.6. The van der Waals surface area contributed by atoms with Gasteiger partial charge < -0.3 is 19.6 Å². The van der Waals surface area contributed by atoms with Crippen molar-refractivity contribution in [3.05, 3.63) is 23.1 Å². The number of hydrogen-bond acceptors (Lipinski definition) is 4. The maximum absolute atomic E-state index is 11.6. The minimum Gasteiger partial charge on any atom is -0.481 e. The molecule has 0 bridgehead atoms. The molecule has 6 nitrogen and oxygen atoms in total. The highest BCUT2D eigenvalue weighted by atomic mass is 35.5. The molecule has 0 aromatic carbocycles. The van der Waals surface area contributed by atoms with Crippen LogP contribution >= 0.6 is 11.6 Å². The zero-order valence-electron chi connectivity index (χ0n) is 10.9. The van der Waals surface area contributed by atoms with Crippen LogP contribution in [0.1, 0.15) is 39.0 Å². The van der Waals surface area contributed by atoms with Crippen LogP contribution in [0.5, 0.6) is 0 Å². The molecule has 1 aromatic rings. The molecular formula is C12H16ClNO5. The molecule has 1 heterocycles. The Bertz CT molecular complexity index is 463. The third-order valence-corrected chi connectivity index (χ3v) is 2.21. The van der Waals surface area contributed by atoms with Crippen LogP contribution in [-0.4, -0.2) is 22.8 Å². The second kappa shape index (κ2) is 5.97. The smallest absolute Gasteiger partial charge is 0.408 e. The van der Waals surface area contributed by atoms with Gasteiger partial charge in [-0.05, 0) is 44.5 Å². The number of rotatable bonds is 4. The minimum atomic E-state index is -1.08. The van der Waals surface area contributed by atoms with Crippen molar-refractivity contribution in [2.24, 2.45) is 0 Å². The maximum atomic E-state index is 11.6. The first-order chi connectivity index (χ1) is 8.67. The Morgan fingerprint density at radius 1 is 1.47 bits per heavy atom. The van der Waals surface area contributed by atoms with Gasteiger partial charge >= 0.3 is 12.1 Å². The summed E-state index contributed by atoms with van der Waals surface area (Å²) in [5.74, 6) is -0.813. The predicted octanol–water partition coefficient (Wildman–Crippen LogP) is 2.97. The molecule has 1 rings (SSSR count). The molecule has 2 N–H and O–H groups in total. The average Bonchev–Trinajstić information content (AvgIpc) is 2.60. The number of nitrogens with one attached hydrogen (secondary N) is 1. The number of carbonyl (C=O) groups is 2. The summed E-state index contributed by atoms with van der Waals surface area (Å²) in [6.07, 6.45) is -1.05. The number of carbonyl (C=O) groups excluding carboxylic acids is 1. The van der Waals surface area contributed by atoms with Crippen LogP contribution in [-0.2, 0) is 9.53 Å². The van der Waals surface area contributed by atoms with Crippen LogP contribution in [0, 0.1) is 0 Å². The minimum absolute atomic E-state index is 0.122. The average molecular weight is 290 g/mol. The Kier molecular flexibility index (Phi) is 4.83. The monoisotopic (exact) mass is 289 g/mol. The van der Waals surface area contributed by atoms with E-state index in [0.29, 0.717) is 0 Å². The van der Waals surface area contributed by atoms with Gasteiger partial charge in [-0.15, -0.1) is 0 Å². The van der Waals surface area contributed by atoms with E-state index in [4.69, 9.17) is 25.9 Å². The number of alkyl carbamates (subject to hydrolysis) is 1. The largest absolute Gasteiger partial charge is 0.481 e. The lowest BCUT2D eigenvalue weighted by atomic mass is 10.1. The van der Waals surface area contributed by atoms with Crippen molar-refractivity contribution in [2.45, 2.75) is 38.8 Å². The summed E-state index contributed by atoms with van der Waals surface area (Å²) >= 11 is 5.63. The van der Waals surface area contributed by atoms with Gasteiger partial charge in [0.1, 0.15) is 17.4 Å². The Hall–Kier alpha value is -1.69. The van der Waals surface area contributed by atoms with E-state index < -0.39 is 23.7 Å². The van der Waals surface area contributed by atoms with E-state index >= 15 is 0 Å². The molecule has 0 unspecified atom stereocenters. The summed E-state index contributed by atoms with van der Waals surface area (Å²) in [7, 11) is 0. The fraction of sp³-hybridized carbons (Fsp3) is 0.500. The van der Waals surface area contributed by atoms with Gasteiger partial charge in [0.15, 0.2) is 5.22 Å². The molecule has 106 valence electrons. The number of carboxylic acid groups (broad SMARTS) is 1. The fourth-order valence-corrected chi connectivity index (χ4v) is 1.51. The van der Waals surface area contributed by atoms with Crippen molar-refractivity contribution in [3.8, 4) is 0 Å². The molecule has 1 atom stereocenters. The van der Waals surface area contributed by atoms with Crippen LogP contribution in [0.3, 0.4) is 0 Å². The summed E-state index contributed by atoms with van der Waals surface area (Å²) in [5.41, 5.74) is -0.668. The number of furan rings is 1. The predicted molar refractivity (Wildman–Crippen MR) is 68.1 cm³/mol. The lowest BCUT2D eigenvalue weighted by Crippen LogP contribution is -2.35. The van der Waals surface area contributed by atoms with E-state index in [0.717, 1.165) is 0 Å². The van der Waals surface area contributed by atoms with Crippen molar-refractivity contribution < 1.29 is 23.8 Å². The molecule has 0 aliphatic carbocycles. The number of hydrogen-bond donors (Lipinski definition) is 2. The molecular weight excluding hydrogens is 274 g/mol. The zero-order valence-corrected chi connectivity index (χ0v) is 11.7. The summed E-state index contributed by atoms with van der Waals surface area (Å²) in [4.78, 5) is 22.4. The molecule has 0 saturated heterocycles. The second-order valence-corrected chi connectivity index (χ2v) is 5.31. The van der Waals surface area contributed by atoms with Crippen LogP contribution < -0.4 is 5.32 Å². The highest BCUT2D eigenvalue weighted by molar-refractivity contribution is 6.28. The van der Waals surface area contributed by atoms with Crippen LogP contribution in [0.4, 0.5) is 4.79 Å². The lowest BCUT2D eigenvalue weighted by molar-refractivity contribution is -0.137. The van der Waals surface area contributed by atoms with Gasteiger partial charge in [-0.3, -0.25) is 4.79 Å². The third kappa shape index (κ3) is 5.65. The van der Waals surface area contributed by atoms with E-state index in [-0.39, 0.29) is 17.4 Å². The van der Waals surface area contributed by atoms with Crippen LogP contribution in [0.15, 0.2) is 16.5 Å². The van der Waals surface area contributed by atoms with E-state index in [1.165, 1.54) is 12.1 Å². The van der Waals surface area contributed by atoms with Crippen molar-refractivity contribution in [2.75, 3.05) is 0 Å². The maximum Gasteiger partial charge on any atom is 0.408 e. The van der Waals surface area contributed by atoms with Crippen LogP contribution in [0.2, 0.25) is 5.22 Å². The SMILES string of the molecule is CC(C)(C)OC(=O)N[C@@H](CC(=O)O)c1ccc(Cl)o1. The van der Waals surface area contributed by atoms with Crippen molar-refractivity contribution >= 4 is 23.7 Å². The molecule has 0 spiro atoms. The highest BCUT2D eigenvalue weighted by Crippen LogP contribution is 2.23. The standard InChI is InChI=1S/C12H16ClNO5/c1-12(2,3)19-11(17)14-7(6-10(15)16)8-4-5-9(13)18-8/h4-5,7H,6H2,1-3H3,(H,14,17)(H,15,16)/t7-/m0/s1. The molecule has 1 aromatic heterocycles. The molecule has 0 saturated carbocycles. The first-order valence-electron chi connectivity index (χ1n) is 5.64. The van der Waals surface area contributed by atoms with Gasteiger partial charge in [-0.25, -0.2) is 4.79 Å². The second-order valence-electron chi connectivity index (χ2n) is 4.94. The molecule has 1 amide bonds. The van der Waals surface area contributed by atoms with E-state index in [2.05, 4.69) is 5.32 Å². The first kappa shape index (κ1) is 15.4. The van der Waals surface area contributed by atoms with E-state index in [1.807, 2.05) is 0 Å². The van der Waals surface area contributed by atoms with Crippen molar-refractivity contribution in [3.63, 3.8) is 0 Å². The summed E-state index contributed by atoms with van der Waals surface area (Å²) in [5, 5.41) is 11.4. The Morgan fingerprint density at radius 3 is 2.53 bits per heavy atom. The first-order valence-corrected chi connectivity index (χ1v) is 6.02. The quantitative estimate of drug-likeness (QED) is 0.889. The van der Waals surface area contributed by atoms with E-state index in [1.54, 1.807) is 20.8 Å². The van der Waals surface area contributed by atoms with Gasteiger partial charge in [-0.1, -0.05) is 0 Å². The fourth-order valence-electron chi connectivity index (χ4n) is 1.36. The number of ether oxygens (including phenoxy) is 1. The Morgan fingerprint density at radius 2 is 2.11 bits per heavy atom. The molecule has 0 aliphatic heterocycles. The van der Waals surface area contributed by atoms with Gasteiger partial charge in [-0.2, -0.15) is 0 Å². The van der Waals surface area contributed by atoms with E-state index in [9.17, 15) is 9.59 Å².